The van der Waals surface area contributed by atoms with Crippen LogP contribution in [0.1, 0.15) is 24.5 Å². The predicted molar refractivity (Wildman–Crippen MR) is 62.7 cm³/mol. The van der Waals surface area contributed by atoms with Gasteiger partial charge in [0.05, 0.1) is 0 Å². The summed E-state index contributed by atoms with van der Waals surface area (Å²) >= 11 is 0. The van der Waals surface area contributed by atoms with Gasteiger partial charge in [-0.15, -0.1) is 0 Å². The molecule has 1 rings (SSSR count). The monoisotopic (exact) mass is 188 g/mol. The summed E-state index contributed by atoms with van der Waals surface area (Å²) in [7, 11) is 1.77. The molecule has 0 aliphatic rings. The maximum atomic E-state index is 4.28. The fourth-order valence-electron chi connectivity index (χ4n) is 1.12. The van der Waals surface area contributed by atoms with E-state index in [9.17, 15) is 0 Å². The summed E-state index contributed by atoms with van der Waals surface area (Å²) in [5.74, 6) is 0. The Labute approximate surface area is 85.4 Å². The van der Waals surface area contributed by atoms with Gasteiger partial charge in [-0.2, -0.15) is 0 Å². The van der Waals surface area contributed by atoms with Crippen LogP contribution < -0.4 is 0 Å². The highest BCUT2D eigenvalue weighted by Gasteiger charge is 1.88. The van der Waals surface area contributed by atoms with E-state index in [1.807, 2.05) is 24.6 Å². The van der Waals surface area contributed by atoms with Gasteiger partial charge in [0, 0.05) is 26.0 Å². The van der Waals surface area contributed by atoms with Crippen molar-refractivity contribution in [2.75, 3.05) is 13.6 Å². The van der Waals surface area contributed by atoms with E-state index in [1.54, 1.807) is 7.05 Å². The first-order valence-corrected chi connectivity index (χ1v) is 4.89. The summed E-state index contributed by atoms with van der Waals surface area (Å²) in [6, 6.07) is 8.19. The summed E-state index contributed by atoms with van der Waals surface area (Å²) in [5.41, 5.74) is 2.27. The summed E-state index contributed by atoms with van der Waals surface area (Å²) in [6.07, 6.45) is 4.85. The van der Waals surface area contributed by atoms with Gasteiger partial charge < -0.3 is 0 Å². The zero-order chi connectivity index (χ0) is 10.2. The van der Waals surface area contributed by atoms with Gasteiger partial charge in [0.15, 0.2) is 0 Å². The fourth-order valence-corrected chi connectivity index (χ4v) is 1.12. The van der Waals surface area contributed by atoms with Crippen molar-refractivity contribution in [1.29, 1.82) is 0 Å². The summed E-state index contributed by atoms with van der Waals surface area (Å²) in [5, 5.41) is 0. The predicted octanol–water partition coefficient (Wildman–Crippen LogP) is 2.56. The molecule has 0 atom stereocenters. The molecule has 1 aromatic rings. The lowest BCUT2D eigenvalue weighted by atomic mass is 10.1. The number of rotatable bonds is 4. The van der Waals surface area contributed by atoms with Crippen LogP contribution in [0.5, 0.6) is 0 Å². The van der Waals surface area contributed by atoms with Crippen LogP contribution in [-0.4, -0.2) is 26.0 Å². The third kappa shape index (κ3) is 3.52. The number of aliphatic imine (C=N–C) groups is 2. The standard InChI is InChI=1S/C12H16N2/c1-3-8-14-10-12-6-4-11(5-7-12)9-13-2/h4-7,9-10H,3,8H2,1-2H3. The lowest BCUT2D eigenvalue weighted by molar-refractivity contribution is 0.937. The average Bonchev–Trinajstić information content (AvgIpc) is 2.21. The van der Waals surface area contributed by atoms with E-state index in [2.05, 4.69) is 29.0 Å². The highest BCUT2D eigenvalue weighted by atomic mass is 14.7. The molecule has 0 aliphatic heterocycles. The second kappa shape index (κ2) is 6.08. The minimum atomic E-state index is 0.901. The Kier molecular flexibility index (Phi) is 4.62. The van der Waals surface area contributed by atoms with Crippen molar-refractivity contribution in [2.24, 2.45) is 9.98 Å². The van der Waals surface area contributed by atoms with E-state index in [-0.39, 0.29) is 0 Å². The molecule has 0 saturated heterocycles. The van der Waals surface area contributed by atoms with Gasteiger partial charge in [-0.05, 0) is 17.5 Å². The zero-order valence-corrected chi connectivity index (χ0v) is 8.77. The molecule has 0 N–H and O–H groups in total. The van der Waals surface area contributed by atoms with E-state index in [0.29, 0.717) is 0 Å². The summed E-state index contributed by atoms with van der Waals surface area (Å²) in [6.45, 7) is 3.02. The SMILES string of the molecule is CCCN=Cc1ccc(C=NC)cc1. The van der Waals surface area contributed by atoms with E-state index in [0.717, 1.165) is 24.1 Å². The van der Waals surface area contributed by atoms with Crippen molar-refractivity contribution in [3.05, 3.63) is 35.4 Å². The number of nitrogens with zero attached hydrogens (tertiary/aromatic N) is 2. The highest BCUT2D eigenvalue weighted by molar-refractivity contribution is 5.83. The lowest BCUT2D eigenvalue weighted by Gasteiger charge is -1.94. The Bertz CT molecular complexity index is 310. The molecule has 74 valence electrons. The molecule has 14 heavy (non-hydrogen) atoms. The van der Waals surface area contributed by atoms with Gasteiger partial charge in [-0.25, -0.2) is 0 Å². The molecule has 0 saturated carbocycles. The van der Waals surface area contributed by atoms with Crippen LogP contribution in [0.25, 0.3) is 0 Å². The first-order valence-electron chi connectivity index (χ1n) is 4.89. The largest absolute Gasteiger partial charge is 0.296 e. The molecule has 2 nitrogen and oxygen atoms in total. The van der Waals surface area contributed by atoms with Gasteiger partial charge >= 0.3 is 0 Å². The highest BCUT2D eigenvalue weighted by Crippen LogP contribution is 2.00. The Morgan fingerprint density at radius 1 is 1.07 bits per heavy atom. The molecule has 0 radical (unpaired) electrons. The minimum absolute atomic E-state index is 0.901. The number of hydrogen-bond acceptors (Lipinski definition) is 2. The van der Waals surface area contributed by atoms with Crippen molar-refractivity contribution in [1.82, 2.24) is 0 Å². The molecule has 0 fully saturated rings. The van der Waals surface area contributed by atoms with Crippen molar-refractivity contribution >= 4 is 12.4 Å². The van der Waals surface area contributed by atoms with E-state index >= 15 is 0 Å². The molecule has 0 aromatic heterocycles. The topological polar surface area (TPSA) is 24.7 Å². The van der Waals surface area contributed by atoms with Crippen LogP contribution in [0.2, 0.25) is 0 Å². The fraction of sp³-hybridized carbons (Fsp3) is 0.333. The van der Waals surface area contributed by atoms with Gasteiger partial charge in [-0.3, -0.25) is 9.98 Å². The average molecular weight is 188 g/mol. The molecule has 2 heteroatoms. The smallest absolute Gasteiger partial charge is 0.0386 e. The molecular weight excluding hydrogens is 172 g/mol. The third-order valence-corrected chi connectivity index (χ3v) is 1.81. The van der Waals surface area contributed by atoms with Crippen molar-refractivity contribution in [2.45, 2.75) is 13.3 Å². The molecule has 0 bridgehead atoms. The van der Waals surface area contributed by atoms with Gasteiger partial charge in [0.1, 0.15) is 0 Å². The van der Waals surface area contributed by atoms with Gasteiger partial charge in [0.25, 0.3) is 0 Å². The normalized spacial score (nSPS) is 11.6. The Morgan fingerprint density at radius 3 is 2.14 bits per heavy atom. The number of hydrogen-bond donors (Lipinski definition) is 0. The molecule has 0 spiro atoms. The van der Waals surface area contributed by atoms with E-state index in [4.69, 9.17) is 0 Å². The van der Waals surface area contributed by atoms with E-state index < -0.39 is 0 Å². The quantitative estimate of drug-likeness (QED) is 0.649. The molecule has 0 aliphatic carbocycles. The Morgan fingerprint density at radius 2 is 1.64 bits per heavy atom. The summed E-state index contributed by atoms with van der Waals surface area (Å²) in [4.78, 5) is 8.23. The number of benzene rings is 1. The lowest BCUT2D eigenvalue weighted by Crippen LogP contribution is -1.85. The molecular formula is C12H16N2. The van der Waals surface area contributed by atoms with Gasteiger partial charge in [-0.1, -0.05) is 31.2 Å². The van der Waals surface area contributed by atoms with E-state index in [1.165, 1.54) is 0 Å². The van der Waals surface area contributed by atoms with Crippen LogP contribution in [0.15, 0.2) is 34.3 Å². The third-order valence-electron chi connectivity index (χ3n) is 1.81. The van der Waals surface area contributed by atoms with Crippen LogP contribution in [0.3, 0.4) is 0 Å². The second-order valence-electron chi connectivity index (χ2n) is 3.09. The first kappa shape index (κ1) is 10.6. The minimum Gasteiger partial charge on any atom is -0.296 e. The molecule has 0 unspecified atom stereocenters. The second-order valence-corrected chi connectivity index (χ2v) is 3.09. The van der Waals surface area contributed by atoms with Crippen molar-refractivity contribution < 1.29 is 0 Å². The van der Waals surface area contributed by atoms with Gasteiger partial charge in [0.2, 0.25) is 0 Å². The van der Waals surface area contributed by atoms with Crippen LogP contribution in [0.4, 0.5) is 0 Å². The first-order chi connectivity index (χ1) is 6.86. The Hall–Kier alpha value is -1.44. The Balaban J connectivity index is 2.63. The maximum absolute atomic E-state index is 4.28. The zero-order valence-electron chi connectivity index (χ0n) is 8.77. The van der Waals surface area contributed by atoms with Crippen molar-refractivity contribution in [3.8, 4) is 0 Å². The summed E-state index contributed by atoms with van der Waals surface area (Å²) < 4.78 is 0. The molecule has 0 amide bonds. The van der Waals surface area contributed by atoms with Crippen LogP contribution >= 0.6 is 0 Å². The van der Waals surface area contributed by atoms with Crippen molar-refractivity contribution in [3.63, 3.8) is 0 Å². The van der Waals surface area contributed by atoms with Crippen LogP contribution in [-0.2, 0) is 0 Å². The molecule has 1 aromatic carbocycles. The maximum Gasteiger partial charge on any atom is 0.0386 e. The molecule has 0 heterocycles. The van der Waals surface area contributed by atoms with Crippen LogP contribution in [0, 0.1) is 0 Å².